The van der Waals surface area contributed by atoms with Crippen molar-refractivity contribution in [2.75, 3.05) is 12.4 Å². The quantitative estimate of drug-likeness (QED) is 0.513. The monoisotopic (exact) mass is 367 g/mol. The molecule has 0 aliphatic carbocycles. The van der Waals surface area contributed by atoms with Gasteiger partial charge in [-0.1, -0.05) is 18.2 Å². The first-order valence-corrected chi connectivity index (χ1v) is 8.14. The summed E-state index contributed by atoms with van der Waals surface area (Å²) in [7, 11) is 1.56. The van der Waals surface area contributed by atoms with E-state index in [1.807, 2.05) is 0 Å². The second kappa shape index (κ2) is 7.79. The standard InChI is InChI=1S/C19H17N3O5/c1-27-11-13-9-19(24)21-17-10-14(4-7-16(13)17)20-18(23)8-12-2-5-15(6-3-12)22(25)26/h2-7,9-10H,8,11H2,1H3,(H,20,23)(H,21,24). The van der Waals surface area contributed by atoms with E-state index in [-0.39, 0.29) is 23.6 Å². The minimum atomic E-state index is -0.489. The molecule has 8 nitrogen and oxygen atoms in total. The van der Waals surface area contributed by atoms with Gasteiger partial charge in [-0.3, -0.25) is 19.7 Å². The van der Waals surface area contributed by atoms with Crippen molar-refractivity contribution in [2.24, 2.45) is 0 Å². The molecule has 1 aromatic heterocycles. The number of rotatable bonds is 6. The maximum atomic E-state index is 12.2. The van der Waals surface area contributed by atoms with Crippen LogP contribution in [0.1, 0.15) is 11.1 Å². The van der Waals surface area contributed by atoms with Gasteiger partial charge >= 0.3 is 0 Å². The van der Waals surface area contributed by atoms with Gasteiger partial charge in [0.05, 0.1) is 23.5 Å². The Bertz CT molecular complexity index is 1060. The molecule has 0 unspecified atom stereocenters. The highest BCUT2D eigenvalue weighted by Crippen LogP contribution is 2.20. The summed E-state index contributed by atoms with van der Waals surface area (Å²) in [5, 5.41) is 14.3. The minimum Gasteiger partial charge on any atom is -0.380 e. The van der Waals surface area contributed by atoms with Gasteiger partial charge in [-0.15, -0.1) is 0 Å². The van der Waals surface area contributed by atoms with Crippen molar-refractivity contribution >= 4 is 28.2 Å². The zero-order valence-corrected chi connectivity index (χ0v) is 14.5. The number of aromatic nitrogens is 1. The van der Waals surface area contributed by atoms with Crippen LogP contribution in [-0.4, -0.2) is 22.9 Å². The molecule has 0 spiro atoms. The normalized spacial score (nSPS) is 10.7. The number of ether oxygens (including phenoxy) is 1. The van der Waals surface area contributed by atoms with Crippen molar-refractivity contribution in [1.29, 1.82) is 0 Å². The van der Waals surface area contributed by atoms with E-state index in [4.69, 9.17) is 4.74 Å². The van der Waals surface area contributed by atoms with Gasteiger partial charge in [-0.05, 0) is 23.3 Å². The highest BCUT2D eigenvalue weighted by molar-refractivity contribution is 5.95. The summed E-state index contributed by atoms with van der Waals surface area (Å²) in [6.07, 6.45) is 0.0796. The van der Waals surface area contributed by atoms with E-state index < -0.39 is 4.92 Å². The lowest BCUT2D eigenvalue weighted by Crippen LogP contribution is -2.14. The number of methoxy groups -OCH3 is 1. The number of H-pyrrole nitrogens is 1. The van der Waals surface area contributed by atoms with E-state index in [2.05, 4.69) is 10.3 Å². The van der Waals surface area contributed by atoms with Gasteiger partial charge in [-0.2, -0.15) is 0 Å². The number of aromatic amines is 1. The lowest BCUT2D eigenvalue weighted by atomic mass is 10.1. The number of hydrogen-bond acceptors (Lipinski definition) is 5. The number of non-ortho nitro benzene ring substituents is 1. The number of benzene rings is 2. The lowest BCUT2D eigenvalue weighted by molar-refractivity contribution is -0.384. The fourth-order valence-corrected chi connectivity index (χ4v) is 2.81. The fraction of sp³-hybridized carbons (Fsp3) is 0.158. The Hall–Kier alpha value is -3.52. The highest BCUT2D eigenvalue weighted by atomic mass is 16.6. The summed E-state index contributed by atoms with van der Waals surface area (Å²) in [6, 6.07) is 12.5. The molecule has 2 N–H and O–H groups in total. The minimum absolute atomic E-state index is 0.0236. The van der Waals surface area contributed by atoms with Crippen LogP contribution in [0.2, 0.25) is 0 Å². The maximum Gasteiger partial charge on any atom is 0.269 e. The predicted molar refractivity (Wildman–Crippen MR) is 101 cm³/mol. The molecule has 2 aromatic carbocycles. The molecular weight excluding hydrogens is 350 g/mol. The molecule has 138 valence electrons. The fourth-order valence-electron chi connectivity index (χ4n) is 2.81. The molecule has 27 heavy (non-hydrogen) atoms. The maximum absolute atomic E-state index is 12.2. The Labute approximate surface area is 153 Å². The molecular formula is C19H17N3O5. The third kappa shape index (κ3) is 4.36. The SMILES string of the molecule is COCc1cc(=O)[nH]c2cc(NC(=O)Cc3ccc([N+](=O)[O-])cc3)ccc12. The second-order valence-corrected chi connectivity index (χ2v) is 6.00. The van der Waals surface area contributed by atoms with Gasteiger partial charge in [0.2, 0.25) is 11.5 Å². The van der Waals surface area contributed by atoms with Gasteiger partial charge in [0.25, 0.3) is 5.69 Å². The Morgan fingerprint density at radius 3 is 2.59 bits per heavy atom. The smallest absolute Gasteiger partial charge is 0.269 e. The Balaban J connectivity index is 1.76. The molecule has 0 aliphatic rings. The van der Waals surface area contributed by atoms with E-state index in [0.29, 0.717) is 23.4 Å². The van der Waals surface area contributed by atoms with Crippen LogP contribution in [0.5, 0.6) is 0 Å². The largest absolute Gasteiger partial charge is 0.380 e. The first-order chi connectivity index (χ1) is 13.0. The molecule has 0 aliphatic heterocycles. The number of anilines is 1. The van der Waals surface area contributed by atoms with Crippen molar-refractivity contribution in [1.82, 2.24) is 4.98 Å². The zero-order valence-electron chi connectivity index (χ0n) is 14.5. The molecule has 3 rings (SSSR count). The molecule has 8 heteroatoms. The van der Waals surface area contributed by atoms with Gasteiger partial charge < -0.3 is 15.0 Å². The zero-order chi connectivity index (χ0) is 19.4. The van der Waals surface area contributed by atoms with E-state index >= 15 is 0 Å². The van der Waals surface area contributed by atoms with E-state index in [1.165, 1.54) is 18.2 Å². The number of nitrogens with zero attached hydrogens (tertiary/aromatic N) is 1. The highest BCUT2D eigenvalue weighted by Gasteiger charge is 2.09. The number of hydrogen-bond donors (Lipinski definition) is 2. The number of carbonyl (C=O) groups excluding carboxylic acids is 1. The first kappa shape index (κ1) is 18.3. The van der Waals surface area contributed by atoms with Crippen LogP contribution in [0, 0.1) is 10.1 Å². The molecule has 3 aromatic rings. The summed E-state index contributed by atoms with van der Waals surface area (Å²) >= 11 is 0. The number of nitro benzene ring substituents is 1. The number of fused-ring (bicyclic) bond motifs is 1. The van der Waals surface area contributed by atoms with Crippen molar-refractivity contribution in [3.63, 3.8) is 0 Å². The van der Waals surface area contributed by atoms with E-state index in [9.17, 15) is 19.7 Å². The van der Waals surface area contributed by atoms with Crippen LogP contribution >= 0.6 is 0 Å². The molecule has 0 radical (unpaired) electrons. The molecule has 0 bridgehead atoms. The van der Waals surface area contributed by atoms with Crippen LogP contribution in [-0.2, 0) is 22.6 Å². The van der Waals surface area contributed by atoms with Crippen molar-refractivity contribution in [3.8, 4) is 0 Å². The van der Waals surface area contributed by atoms with E-state index in [0.717, 1.165) is 10.9 Å². The summed E-state index contributed by atoms with van der Waals surface area (Å²) in [5.74, 6) is -0.265. The first-order valence-electron chi connectivity index (χ1n) is 8.14. The number of carbonyl (C=O) groups is 1. The van der Waals surface area contributed by atoms with Gasteiger partial charge in [-0.25, -0.2) is 0 Å². The summed E-state index contributed by atoms with van der Waals surface area (Å²) < 4.78 is 5.11. The number of amides is 1. The van der Waals surface area contributed by atoms with Gasteiger partial charge in [0, 0.05) is 36.4 Å². The average Bonchev–Trinajstić information content (AvgIpc) is 2.62. The third-order valence-corrected chi connectivity index (χ3v) is 4.02. The van der Waals surface area contributed by atoms with Gasteiger partial charge in [0.1, 0.15) is 0 Å². The summed E-state index contributed by atoms with van der Waals surface area (Å²) in [4.78, 5) is 36.9. The predicted octanol–water partition coefficient (Wildman–Crippen LogP) is 2.76. The Kier molecular flexibility index (Phi) is 5.28. The molecule has 0 atom stereocenters. The number of pyridine rings is 1. The van der Waals surface area contributed by atoms with Crippen LogP contribution in [0.25, 0.3) is 10.9 Å². The average molecular weight is 367 g/mol. The molecule has 0 saturated carbocycles. The number of nitrogens with one attached hydrogen (secondary N) is 2. The lowest BCUT2D eigenvalue weighted by Gasteiger charge is -2.09. The van der Waals surface area contributed by atoms with Crippen molar-refractivity contribution < 1.29 is 14.5 Å². The topological polar surface area (TPSA) is 114 Å². The van der Waals surface area contributed by atoms with Crippen LogP contribution < -0.4 is 10.9 Å². The van der Waals surface area contributed by atoms with E-state index in [1.54, 1.807) is 37.4 Å². The van der Waals surface area contributed by atoms with Crippen LogP contribution in [0.15, 0.2) is 53.3 Å². The van der Waals surface area contributed by atoms with Gasteiger partial charge in [0.15, 0.2) is 0 Å². The molecule has 0 saturated heterocycles. The van der Waals surface area contributed by atoms with Crippen molar-refractivity contribution in [3.05, 3.63) is 80.1 Å². The van der Waals surface area contributed by atoms with Crippen LogP contribution in [0.3, 0.4) is 0 Å². The van der Waals surface area contributed by atoms with Crippen molar-refractivity contribution in [2.45, 2.75) is 13.0 Å². The summed E-state index contributed by atoms with van der Waals surface area (Å²) in [5.41, 5.74) is 2.30. The molecule has 0 fully saturated rings. The molecule has 1 amide bonds. The molecule has 1 heterocycles. The summed E-state index contributed by atoms with van der Waals surface area (Å²) in [6.45, 7) is 0.312. The Morgan fingerprint density at radius 2 is 1.93 bits per heavy atom. The Morgan fingerprint density at radius 1 is 1.19 bits per heavy atom. The van der Waals surface area contributed by atoms with Crippen LogP contribution in [0.4, 0.5) is 11.4 Å². The third-order valence-electron chi connectivity index (χ3n) is 4.02. The number of nitro groups is 1. The second-order valence-electron chi connectivity index (χ2n) is 6.00.